The van der Waals surface area contributed by atoms with E-state index in [2.05, 4.69) is 114 Å². The average Bonchev–Trinajstić information content (AvgIpc) is 3.33. The zero-order valence-corrected chi connectivity index (χ0v) is 21.3. The van der Waals surface area contributed by atoms with Crippen molar-refractivity contribution in [3.05, 3.63) is 98.6 Å². The monoisotopic (exact) mass is 537 g/mol. The van der Waals surface area contributed by atoms with Crippen molar-refractivity contribution in [1.29, 1.82) is 0 Å². The molecule has 1 aliphatic rings. The molecule has 0 unspecified atom stereocenters. The Balaban J connectivity index is 1.63. The molecule has 3 aromatic rings. The molecule has 0 saturated carbocycles. The second kappa shape index (κ2) is 11.2. The second-order valence-corrected chi connectivity index (χ2v) is 9.75. The van der Waals surface area contributed by atoms with Crippen LogP contribution in [-0.4, -0.2) is 31.1 Å². The van der Waals surface area contributed by atoms with E-state index in [9.17, 15) is 0 Å². The number of halogens is 1. The van der Waals surface area contributed by atoms with E-state index in [1.54, 1.807) is 0 Å². The van der Waals surface area contributed by atoms with E-state index in [-0.39, 0.29) is 0 Å². The van der Waals surface area contributed by atoms with Gasteiger partial charge in [0, 0.05) is 10.1 Å². The predicted octanol–water partition coefficient (Wildman–Crippen LogP) is 7.44. The Morgan fingerprint density at radius 3 is 1.97 bits per heavy atom. The van der Waals surface area contributed by atoms with Crippen molar-refractivity contribution < 1.29 is 4.74 Å². The van der Waals surface area contributed by atoms with Crippen LogP contribution in [0.3, 0.4) is 0 Å². The molecule has 0 spiro atoms. The van der Waals surface area contributed by atoms with Gasteiger partial charge in [-0.3, -0.25) is 4.90 Å². The fourth-order valence-electron chi connectivity index (χ4n) is 4.43. The predicted molar refractivity (Wildman–Crippen MR) is 144 cm³/mol. The van der Waals surface area contributed by atoms with Gasteiger partial charge in [0.05, 0.1) is 0 Å². The van der Waals surface area contributed by atoms with Crippen LogP contribution in [0.4, 0.5) is 0 Å². The molecule has 32 heavy (non-hydrogen) atoms. The highest BCUT2D eigenvalue weighted by Gasteiger charge is 2.14. The highest BCUT2D eigenvalue weighted by Crippen LogP contribution is 2.35. The van der Waals surface area contributed by atoms with Gasteiger partial charge in [0.1, 0.15) is 12.4 Å². The lowest BCUT2D eigenvalue weighted by molar-refractivity contribution is 0.238. The molecular weight excluding hydrogens is 505 g/mol. The minimum absolute atomic E-state index is 0.753. The van der Waals surface area contributed by atoms with E-state index >= 15 is 0 Å². The first-order chi connectivity index (χ1) is 15.6. The lowest BCUT2D eigenvalue weighted by Crippen LogP contribution is -2.25. The van der Waals surface area contributed by atoms with Crippen LogP contribution in [-0.2, 0) is 0 Å². The Morgan fingerprint density at radius 1 is 0.812 bits per heavy atom. The minimum atomic E-state index is 0.753. The van der Waals surface area contributed by atoms with Crippen molar-refractivity contribution in [3.8, 4) is 5.75 Å². The summed E-state index contributed by atoms with van der Waals surface area (Å²) in [6.45, 7) is 8.58. The maximum Gasteiger partial charge on any atom is 0.119 e. The first-order valence-electron chi connectivity index (χ1n) is 11.7. The molecule has 0 aliphatic carbocycles. The van der Waals surface area contributed by atoms with Gasteiger partial charge in [-0.25, -0.2) is 0 Å². The summed E-state index contributed by atoms with van der Waals surface area (Å²) in [6.07, 6.45) is 3.62. The number of hydrogen-bond acceptors (Lipinski definition) is 2. The number of rotatable bonds is 8. The number of aryl methyl sites for hydroxylation is 1. The molecule has 3 aromatic carbocycles. The van der Waals surface area contributed by atoms with Crippen molar-refractivity contribution in [2.24, 2.45) is 0 Å². The average molecular weight is 537 g/mol. The number of ether oxygens (including phenoxy) is 1. The normalized spacial score (nSPS) is 15.0. The van der Waals surface area contributed by atoms with E-state index in [4.69, 9.17) is 4.74 Å². The maximum absolute atomic E-state index is 6.05. The van der Waals surface area contributed by atoms with Gasteiger partial charge < -0.3 is 4.74 Å². The summed E-state index contributed by atoms with van der Waals surface area (Å²) in [5.74, 6) is 0.947. The Bertz CT molecular complexity index is 1030. The summed E-state index contributed by atoms with van der Waals surface area (Å²) in [4.78, 5) is 2.49. The van der Waals surface area contributed by atoms with Crippen LogP contribution < -0.4 is 4.74 Å². The first-order valence-corrected chi connectivity index (χ1v) is 12.7. The summed E-state index contributed by atoms with van der Waals surface area (Å²) >= 11 is 2.37. The van der Waals surface area contributed by atoms with Crippen molar-refractivity contribution in [1.82, 2.24) is 4.90 Å². The van der Waals surface area contributed by atoms with Gasteiger partial charge >= 0.3 is 0 Å². The zero-order valence-electron chi connectivity index (χ0n) is 19.1. The first kappa shape index (κ1) is 23.1. The molecular formula is C29H32INO. The van der Waals surface area contributed by atoms with Gasteiger partial charge in [-0.15, -0.1) is 0 Å². The van der Waals surface area contributed by atoms with Crippen LogP contribution in [0.25, 0.3) is 11.1 Å². The van der Waals surface area contributed by atoms with Crippen molar-refractivity contribution in [2.75, 3.05) is 26.2 Å². The van der Waals surface area contributed by atoms with E-state index in [0.29, 0.717) is 0 Å². The molecule has 1 fully saturated rings. The van der Waals surface area contributed by atoms with Gasteiger partial charge in [0.15, 0.2) is 0 Å². The third-order valence-corrected chi connectivity index (χ3v) is 6.93. The topological polar surface area (TPSA) is 12.5 Å². The standard InChI is InChI=1S/C29H32INO/c1-3-28(23-8-6-22(2)7-9-23)29(24-10-14-26(30)15-11-24)25-12-16-27(17-13-25)32-21-20-31-18-4-5-19-31/h6-17H,3-5,18-21H2,1-2H3/b29-28-. The number of likely N-dealkylation sites (tertiary alicyclic amines) is 1. The second-order valence-electron chi connectivity index (χ2n) is 8.50. The Labute approximate surface area is 206 Å². The molecule has 0 amide bonds. The van der Waals surface area contributed by atoms with E-state index in [1.165, 1.54) is 62.9 Å². The molecule has 1 heterocycles. The summed E-state index contributed by atoms with van der Waals surface area (Å²) in [5.41, 5.74) is 7.74. The Hall–Kier alpha value is -2.11. The summed E-state index contributed by atoms with van der Waals surface area (Å²) in [7, 11) is 0. The molecule has 4 rings (SSSR count). The summed E-state index contributed by atoms with van der Waals surface area (Å²) < 4.78 is 7.30. The van der Waals surface area contributed by atoms with Crippen LogP contribution in [0.15, 0.2) is 72.8 Å². The lowest BCUT2D eigenvalue weighted by Gasteiger charge is -2.18. The van der Waals surface area contributed by atoms with Crippen LogP contribution in [0, 0.1) is 10.5 Å². The highest BCUT2D eigenvalue weighted by molar-refractivity contribution is 14.1. The van der Waals surface area contributed by atoms with Crippen LogP contribution in [0.5, 0.6) is 5.75 Å². The van der Waals surface area contributed by atoms with Gasteiger partial charge in [-0.2, -0.15) is 0 Å². The van der Waals surface area contributed by atoms with Crippen molar-refractivity contribution in [3.63, 3.8) is 0 Å². The van der Waals surface area contributed by atoms with Gasteiger partial charge in [0.2, 0.25) is 0 Å². The van der Waals surface area contributed by atoms with Gasteiger partial charge in [-0.1, -0.05) is 61.0 Å². The molecule has 0 atom stereocenters. The van der Waals surface area contributed by atoms with Gasteiger partial charge in [-0.05, 0) is 114 Å². The van der Waals surface area contributed by atoms with Crippen molar-refractivity contribution in [2.45, 2.75) is 33.1 Å². The number of benzene rings is 3. The third-order valence-electron chi connectivity index (χ3n) is 6.21. The van der Waals surface area contributed by atoms with Crippen LogP contribution in [0.1, 0.15) is 48.4 Å². The quantitative estimate of drug-likeness (QED) is 0.219. The molecule has 0 aromatic heterocycles. The lowest BCUT2D eigenvalue weighted by atomic mass is 9.88. The number of allylic oxidation sites excluding steroid dienone is 1. The molecule has 3 heteroatoms. The van der Waals surface area contributed by atoms with Crippen LogP contribution in [0.2, 0.25) is 0 Å². The molecule has 0 bridgehead atoms. The van der Waals surface area contributed by atoms with Crippen LogP contribution >= 0.6 is 22.6 Å². The molecule has 2 nitrogen and oxygen atoms in total. The SMILES string of the molecule is CC/C(=C(\c1ccc(I)cc1)c1ccc(OCCN2CCCC2)cc1)c1ccc(C)cc1. The minimum Gasteiger partial charge on any atom is -0.492 e. The highest BCUT2D eigenvalue weighted by atomic mass is 127. The molecule has 0 N–H and O–H groups in total. The van der Waals surface area contributed by atoms with Crippen molar-refractivity contribution >= 4 is 33.7 Å². The van der Waals surface area contributed by atoms with E-state index in [1.807, 2.05) is 0 Å². The Kier molecular flexibility index (Phi) is 8.04. The largest absolute Gasteiger partial charge is 0.492 e. The molecule has 0 radical (unpaired) electrons. The summed E-state index contributed by atoms with van der Waals surface area (Å²) in [6, 6.07) is 26.4. The fourth-order valence-corrected chi connectivity index (χ4v) is 4.79. The fraction of sp³-hybridized carbons (Fsp3) is 0.310. The smallest absolute Gasteiger partial charge is 0.119 e. The third kappa shape index (κ3) is 5.81. The van der Waals surface area contributed by atoms with E-state index in [0.717, 1.165) is 25.3 Å². The molecule has 1 saturated heterocycles. The molecule has 1 aliphatic heterocycles. The molecule has 166 valence electrons. The number of hydrogen-bond donors (Lipinski definition) is 0. The van der Waals surface area contributed by atoms with E-state index < -0.39 is 0 Å². The number of nitrogens with zero attached hydrogens (tertiary/aromatic N) is 1. The zero-order chi connectivity index (χ0) is 22.3. The van der Waals surface area contributed by atoms with Gasteiger partial charge in [0.25, 0.3) is 0 Å². The summed E-state index contributed by atoms with van der Waals surface area (Å²) in [5, 5.41) is 0. The Morgan fingerprint density at radius 2 is 1.38 bits per heavy atom. The maximum atomic E-state index is 6.05.